The monoisotopic (exact) mass is 510 g/mol. The van der Waals surface area contributed by atoms with Gasteiger partial charge in [-0.1, -0.05) is 48.0 Å². The van der Waals surface area contributed by atoms with Gasteiger partial charge < -0.3 is 19.4 Å². The molecule has 3 aromatic carbocycles. The summed E-state index contributed by atoms with van der Waals surface area (Å²) in [5, 5.41) is 4.32. The number of furan rings is 1. The molecular formula is C31H27ClN2O3. The Kier molecular flexibility index (Phi) is 6.23. The number of nitrogens with one attached hydrogen (secondary N) is 1. The highest BCUT2D eigenvalue weighted by Gasteiger charge is 2.40. The number of carbonyl (C=O) groups is 1. The molecule has 0 amide bonds. The Labute approximate surface area is 221 Å². The third-order valence-electron chi connectivity index (χ3n) is 7.24. The standard InChI is InChI=1S/C31H27ClN2O3/c1-36-24-14-8-20(9-15-24)19-34-27-6-3-2-5-25(27)33-26-17-22(29-7-4-16-37-29)18-28(35)30(26)31(34)21-10-12-23(32)13-11-21/h2-16,22,31,33H,17-19H2,1H3/t22-,31-/m0/s1. The van der Waals surface area contributed by atoms with Gasteiger partial charge in [0.05, 0.1) is 30.8 Å². The summed E-state index contributed by atoms with van der Waals surface area (Å²) in [4.78, 5) is 16.3. The number of ketones is 1. The second-order valence-electron chi connectivity index (χ2n) is 9.51. The second kappa shape index (κ2) is 9.83. The fourth-order valence-corrected chi connectivity index (χ4v) is 5.60. The van der Waals surface area contributed by atoms with Crippen molar-refractivity contribution in [1.82, 2.24) is 0 Å². The number of hydrogen-bond donors (Lipinski definition) is 1. The number of methoxy groups -OCH3 is 1. The minimum absolute atomic E-state index is 0.0000757. The van der Waals surface area contributed by atoms with Crippen LogP contribution in [-0.2, 0) is 11.3 Å². The van der Waals surface area contributed by atoms with E-state index in [1.807, 2.05) is 60.7 Å². The van der Waals surface area contributed by atoms with Gasteiger partial charge in [0, 0.05) is 35.2 Å². The van der Waals surface area contributed by atoms with E-state index in [-0.39, 0.29) is 17.7 Å². The van der Waals surface area contributed by atoms with E-state index in [2.05, 4.69) is 34.5 Å². The van der Waals surface area contributed by atoms with E-state index < -0.39 is 0 Å². The lowest BCUT2D eigenvalue weighted by Gasteiger charge is -2.36. The molecule has 1 N–H and O–H groups in total. The van der Waals surface area contributed by atoms with Gasteiger partial charge in [-0.25, -0.2) is 0 Å². The van der Waals surface area contributed by atoms with Gasteiger partial charge in [0.15, 0.2) is 5.78 Å². The number of ether oxygens (including phenoxy) is 1. The van der Waals surface area contributed by atoms with Crippen LogP contribution in [-0.4, -0.2) is 12.9 Å². The number of para-hydroxylation sites is 2. The van der Waals surface area contributed by atoms with E-state index in [0.717, 1.165) is 45.3 Å². The van der Waals surface area contributed by atoms with Gasteiger partial charge in [-0.2, -0.15) is 0 Å². The molecule has 1 aliphatic heterocycles. The molecular weight excluding hydrogens is 484 g/mol. The molecule has 2 aliphatic rings. The van der Waals surface area contributed by atoms with Crippen molar-refractivity contribution < 1.29 is 13.9 Å². The van der Waals surface area contributed by atoms with Gasteiger partial charge in [0.1, 0.15) is 11.5 Å². The molecule has 4 aromatic rings. The van der Waals surface area contributed by atoms with E-state index >= 15 is 0 Å². The molecule has 0 fully saturated rings. The molecule has 0 spiro atoms. The average Bonchev–Trinajstić information content (AvgIpc) is 3.42. The lowest BCUT2D eigenvalue weighted by atomic mass is 9.80. The molecule has 186 valence electrons. The van der Waals surface area contributed by atoms with Gasteiger partial charge in [0.25, 0.3) is 0 Å². The third-order valence-corrected chi connectivity index (χ3v) is 7.49. The first-order chi connectivity index (χ1) is 18.1. The van der Waals surface area contributed by atoms with Crippen LogP contribution in [0.4, 0.5) is 11.4 Å². The predicted octanol–water partition coefficient (Wildman–Crippen LogP) is 7.52. The number of anilines is 2. The van der Waals surface area contributed by atoms with Crippen molar-refractivity contribution in [2.75, 3.05) is 17.3 Å². The van der Waals surface area contributed by atoms with Crippen molar-refractivity contribution in [3.8, 4) is 5.75 Å². The first-order valence-corrected chi connectivity index (χ1v) is 12.8. The fraction of sp³-hybridized carbons (Fsp3) is 0.194. The van der Waals surface area contributed by atoms with Crippen molar-refractivity contribution in [1.29, 1.82) is 0 Å². The van der Waals surface area contributed by atoms with E-state index in [1.54, 1.807) is 13.4 Å². The van der Waals surface area contributed by atoms with Crippen LogP contribution in [0.25, 0.3) is 0 Å². The molecule has 6 rings (SSSR count). The summed E-state index contributed by atoms with van der Waals surface area (Å²) >= 11 is 6.27. The number of allylic oxidation sites excluding steroid dienone is 1. The largest absolute Gasteiger partial charge is 0.497 e. The first kappa shape index (κ1) is 23.4. The zero-order valence-electron chi connectivity index (χ0n) is 20.5. The number of carbonyl (C=O) groups excluding carboxylic acids is 1. The first-order valence-electron chi connectivity index (χ1n) is 12.4. The lowest BCUT2D eigenvalue weighted by Crippen LogP contribution is -2.34. The maximum atomic E-state index is 14.0. The molecule has 0 unspecified atom stereocenters. The maximum absolute atomic E-state index is 14.0. The molecule has 0 saturated carbocycles. The zero-order chi connectivity index (χ0) is 25.4. The van der Waals surface area contributed by atoms with Crippen LogP contribution < -0.4 is 15.0 Å². The van der Waals surface area contributed by atoms with Gasteiger partial charge in [-0.3, -0.25) is 4.79 Å². The summed E-state index contributed by atoms with van der Waals surface area (Å²) in [6.45, 7) is 0.613. The van der Waals surface area contributed by atoms with Crippen molar-refractivity contribution in [3.63, 3.8) is 0 Å². The molecule has 1 aromatic heterocycles. The number of nitrogens with zero attached hydrogens (tertiary/aromatic N) is 1. The van der Waals surface area contributed by atoms with Crippen LogP contribution in [0.2, 0.25) is 5.02 Å². The predicted molar refractivity (Wildman–Crippen MR) is 146 cm³/mol. The Morgan fingerprint density at radius 3 is 2.49 bits per heavy atom. The van der Waals surface area contributed by atoms with Crippen LogP contribution >= 0.6 is 11.6 Å². The topological polar surface area (TPSA) is 54.7 Å². The molecule has 0 bridgehead atoms. The molecule has 1 aliphatic carbocycles. The summed E-state index contributed by atoms with van der Waals surface area (Å²) in [7, 11) is 1.67. The molecule has 6 heteroatoms. The normalized spacial score (nSPS) is 19.1. The molecule has 0 saturated heterocycles. The Morgan fingerprint density at radius 2 is 1.76 bits per heavy atom. The Bertz CT molecular complexity index is 1440. The summed E-state index contributed by atoms with van der Waals surface area (Å²) in [6.07, 6.45) is 2.78. The Hall–Kier alpha value is -3.96. The smallest absolute Gasteiger partial charge is 0.163 e. The van der Waals surface area contributed by atoms with E-state index in [9.17, 15) is 4.79 Å². The SMILES string of the molecule is COc1ccc(CN2c3ccccc3NC3=C(C(=O)C[C@@H](c4ccco4)C3)[C@@H]2c2ccc(Cl)cc2)cc1. The highest BCUT2D eigenvalue weighted by Crippen LogP contribution is 2.48. The van der Waals surface area contributed by atoms with Gasteiger partial charge in [-0.05, 0) is 66.1 Å². The summed E-state index contributed by atoms with van der Waals surface area (Å²) < 4.78 is 11.1. The average molecular weight is 511 g/mol. The molecule has 5 nitrogen and oxygen atoms in total. The maximum Gasteiger partial charge on any atom is 0.163 e. The van der Waals surface area contributed by atoms with Gasteiger partial charge >= 0.3 is 0 Å². The summed E-state index contributed by atoms with van der Waals surface area (Å²) in [5.41, 5.74) is 5.91. The van der Waals surface area contributed by atoms with E-state index in [0.29, 0.717) is 24.4 Å². The molecule has 37 heavy (non-hydrogen) atoms. The Morgan fingerprint density at radius 1 is 0.973 bits per heavy atom. The molecule has 2 atom stereocenters. The third kappa shape index (κ3) is 4.51. The summed E-state index contributed by atoms with van der Waals surface area (Å²) in [6, 6.07) is 27.7. The second-order valence-corrected chi connectivity index (χ2v) is 9.94. The van der Waals surface area contributed by atoms with Crippen LogP contribution in [0.5, 0.6) is 5.75 Å². The number of benzene rings is 3. The highest BCUT2D eigenvalue weighted by atomic mass is 35.5. The minimum atomic E-state index is -0.282. The highest BCUT2D eigenvalue weighted by molar-refractivity contribution is 6.30. The quantitative estimate of drug-likeness (QED) is 0.301. The molecule has 0 radical (unpaired) electrons. The number of rotatable bonds is 5. The number of fused-ring (bicyclic) bond motifs is 1. The van der Waals surface area contributed by atoms with Crippen LogP contribution in [0, 0.1) is 0 Å². The lowest BCUT2D eigenvalue weighted by molar-refractivity contribution is -0.116. The number of hydrogen-bond acceptors (Lipinski definition) is 5. The number of halogens is 1. The van der Waals surface area contributed by atoms with E-state index in [1.165, 1.54) is 0 Å². The van der Waals surface area contributed by atoms with Crippen LogP contribution in [0.3, 0.4) is 0 Å². The van der Waals surface area contributed by atoms with Crippen molar-refractivity contribution >= 4 is 28.8 Å². The van der Waals surface area contributed by atoms with E-state index in [4.69, 9.17) is 20.8 Å². The van der Waals surface area contributed by atoms with Gasteiger partial charge in [-0.15, -0.1) is 0 Å². The number of Topliss-reactive ketones (excluding diaryl/α,β-unsaturated/α-hetero) is 1. The molecule has 2 heterocycles. The van der Waals surface area contributed by atoms with Crippen LogP contribution in [0.15, 0.2) is 107 Å². The van der Waals surface area contributed by atoms with Crippen molar-refractivity contribution in [3.05, 3.63) is 124 Å². The Balaban J connectivity index is 1.51. The van der Waals surface area contributed by atoms with Crippen molar-refractivity contribution in [2.45, 2.75) is 31.3 Å². The van der Waals surface area contributed by atoms with Gasteiger partial charge in [0.2, 0.25) is 0 Å². The van der Waals surface area contributed by atoms with Crippen molar-refractivity contribution in [2.24, 2.45) is 0 Å². The minimum Gasteiger partial charge on any atom is -0.497 e. The zero-order valence-corrected chi connectivity index (χ0v) is 21.2. The van der Waals surface area contributed by atoms with Crippen LogP contribution in [0.1, 0.15) is 41.7 Å². The summed E-state index contributed by atoms with van der Waals surface area (Å²) in [5.74, 6) is 1.78. The fourth-order valence-electron chi connectivity index (χ4n) is 5.47.